The van der Waals surface area contributed by atoms with Gasteiger partial charge in [-0.05, 0) is 36.2 Å². The van der Waals surface area contributed by atoms with Crippen LogP contribution in [0.25, 0.3) is 0 Å². The molecule has 0 aliphatic carbocycles. The molecule has 18 heavy (non-hydrogen) atoms. The Labute approximate surface area is 116 Å². The van der Waals surface area contributed by atoms with E-state index in [9.17, 15) is 0 Å². The third kappa shape index (κ3) is 5.50. The van der Waals surface area contributed by atoms with Crippen LogP contribution in [0.4, 0.5) is 5.69 Å². The van der Waals surface area contributed by atoms with E-state index in [2.05, 4.69) is 37.9 Å². The molecule has 1 aromatic rings. The van der Waals surface area contributed by atoms with Gasteiger partial charge in [0.05, 0.1) is 0 Å². The molecule has 3 heteroatoms. The number of rotatable bonds is 5. The normalized spacial score (nSPS) is 10.8. The second kappa shape index (κ2) is 7.37. The second-order valence-corrected chi connectivity index (χ2v) is 5.88. The number of thiocarbonyl (C=S) groups is 1. The molecule has 0 heterocycles. The fourth-order valence-corrected chi connectivity index (χ4v) is 2.11. The van der Waals surface area contributed by atoms with Gasteiger partial charge >= 0.3 is 0 Å². The smallest absolute Gasteiger partial charge is 0.173 e. The summed E-state index contributed by atoms with van der Waals surface area (Å²) < 4.78 is 0. The molecule has 0 atom stereocenters. The summed E-state index contributed by atoms with van der Waals surface area (Å²) in [7, 11) is 0. The minimum Gasteiger partial charge on any atom is -0.349 e. The number of benzene rings is 1. The van der Waals surface area contributed by atoms with Crippen LogP contribution in [0.5, 0.6) is 0 Å². The lowest BCUT2D eigenvalue weighted by Gasteiger charge is -2.29. The van der Waals surface area contributed by atoms with Crippen LogP contribution in [0.2, 0.25) is 0 Å². The van der Waals surface area contributed by atoms with Crippen molar-refractivity contribution >= 4 is 23.0 Å². The van der Waals surface area contributed by atoms with Crippen molar-refractivity contribution in [2.24, 2.45) is 11.8 Å². The van der Waals surface area contributed by atoms with Crippen LogP contribution in [-0.2, 0) is 0 Å². The highest BCUT2D eigenvalue weighted by atomic mass is 32.1. The molecule has 0 fully saturated rings. The summed E-state index contributed by atoms with van der Waals surface area (Å²) in [6, 6.07) is 10.1. The lowest BCUT2D eigenvalue weighted by atomic mass is 10.1. The first kappa shape index (κ1) is 15.0. The van der Waals surface area contributed by atoms with E-state index in [1.165, 1.54) is 0 Å². The zero-order valence-electron chi connectivity index (χ0n) is 11.8. The monoisotopic (exact) mass is 264 g/mol. The third-order valence-corrected chi connectivity index (χ3v) is 2.84. The summed E-state index contributed by atoms with van der Waals surface area (Å²) in [5.41, 5.74) is 1.06. The topological polar surface area (TPSA) is 15.3 Å². The maximum absolute atomic E-state index is 5.51. The minimum atomic E-state index is 0.610. The maximum atomic E-state index is 5.51. The first-order valence-electron chi connectivity index (χ1n) is 6.60. The largest absolute Gasteiger partial charge is 0.349 e. The Hall–Kier alpha value is -1.09. The quantitative estimate of drug-likeness (QED) is 0.809. The Morgan fingerprint density at radius 1 is 1.06 bits per heavy atom. The van der Waals surface area contributed by atoms with E-state index in [-0.39, 0.29) is 0 Å². The van der Waals surface area contributed by atoms with Crippen molar-refractivity contribution in [3.63, 3.8) is 0 Å². The van der Waals surface area contributed by atoms with Crippen molar-refractivity contribution in [3.8, 4) is 0 Å². The van der Waals surface area contributed by atoms with Crippen LogP contribution in [0.1, 0.15) is 27.7 Å². The molecule has 0 saturated heterocycles. The van der Waals surface area contributed by atoms with Crippen molar-refractivity contribution in [3.05, 3.63) is 30.3 Å². The fraction of sp³-hybridized carbons (Fsp3) is 0.533. The van der Waals surface area contributed by atoms with Gasteiger partial charge in [-0.25, -0.2) is 0 Å². The van der Waals surface area contributed by atoms with Crippen LogP contribution >= 0.6 is 12.2 Å². The summed E-state index contributed by atoms with van der Waals surface area (Å²) in [6.45, 7) is 10.9. The van der Waals surface area contributed by atoms with Gasteiger partial charge in [-0.2, -0.15) is 0 Å². The van der Waals surface area contributed by atoms with Crippen molar-refractivity contribution in [2.45, 2.75) is 27.7 Å². The highest BCUT2D eigenvalue weighted by Crippen LogP contribution is 2.10. The zero-order chi connectivity index (χ0) is 13.5. The SMILES string of the molecule is CC(C)CN(CC(C)C)C(=S)Nc1ccccc1. The lowest BCUT2D eigenvalue weighted by molar-refractivity contribution is 0.332. The Balaban J connectivity index is 2.64. The van der Waals surface area contributed by atoms with E-state index < -0.39 is 0 Å². The van der Waals surface area contributed by atoms with Gasteiger partial charge in [0, 0.05) is 18.8 Å². The summed E-state index contributed by atoms with van der Waals surface area (Å²) in [6.07, 6.45) is 0. The minimum absolute atomic E-state index is 0.610. The Bertz CT molecular complexity index is 350. The summed E-state index contributed by atoms with van der Waals surface area (Å²) in [5.74, 6) is 1.22. The second-order valence-electron chi connectivity index (χ2n) is 5.49. The number of para-hydroxylation sites is 1. The Kier molecular flexibility index (Phi) is 6.13. The molecule has 1 rings (SSSR count). The molecule has 0 aliphatic heterocycles. The predicted octanol–water partition coefficient (Wildman–Crippen LogP) is 4.00. The third-order valence-electron chi connectivity index (χ3n) is 2.48. The van der Waals surface area contributed by atoms with Crippen molar-refractivity contribution < 1.29 is 0 Å². The number of hydrogen-bond acceptors (Lipinski definition) is 1. The number of anilines is 1. The fourth-order valence-electron chi connectivity index (χ4n) is 1.85. The Morgan fingerprint density at radius 2 is 1.56 bits per heavy atom. The van der Waals surface area contributed by atoms with E-state index in [4.69, 9.17) is 12.2 Å². The first-order chi connectivity index (χ1) is 8.49. The van der Waals surface area contributed by atoms with Crippen LogP contribution in [0.3, 0.4) is 0 Å². The van der Waals surface area contributed by atoms with Crippen LogP contribution < -0.4 is 5.32 Å². The zero-order valence-corrected chi connectivity index (χ0v) is 12.6. The van der Waals surface area contributed by atoms with Crippen LogP contribution in [0, 0.1) is 11.8 Å². The van der Waals surface area contributed by atoms with E-state index in [1.807, 2.05) is 30.3 Å². The van der Waals surface area contributed by atoms with Gasteiger partial charge in [0.2, 0.25) is 0 Å². The molecule has 0 bridgehead atoms. The van der Waals surface area contributed by atoms with E-state index in [1.54, 1.807) is 0 Å². The Morgan fingerprint density at radius 3 is 2.00 bits per heavy atom. The average Bonchev–Trinajstić information content (AvgIpc) is 2.28. The van der Waals surface area contributed by atoms with Crippen molar-refractivity contribution in [1.29, 1.82) is 0 Å². The van der Waals surface area contributed by atoms with Gasteiger partial charge in [0.15, 0.2) is 5.11 Å². The molecule has 2 nitrogen and oxygen atoms in total. The molecule has 1 aromatic carbocycles. The molecular formula is C15H24N2S. The van der Waals surface area contributed by atoms with E-state index >= 15 is 0 Å². The molecule has 1 N–H and O–H groups in total. The lowest BCUT2D eigenvalue weighted by Crippen LogP contribution is -2.39. The number of nitrogens with one attached hydrogen (secondary N) is 1. The number of nitrogens with zero attached hydrogens (tertiary/aromatic N) is 1. The molecule has 0 aromatic heterocycles. The van der Waals surface area contributed by atoms with Crippen molar-refractivity contribution in [2.75, 3.05) is 18.4 Å². The molecular weight excluding hydrogens is 240 g/mol. The van der Waals surface area contributed by atoms with Gasteiger partial charge in [-0.3, -0.25) is 0 Å². The summed E-state index contributed by atoms with van der Waals surface area (Å²) in [4.78, 5) is 2.26. The maximum Gasteiger partial charge on any atom is 0.173 e. The number of hydrogen-bond donors (Lipinski definition) is 1. The van der Waals surface area contributed by atoms with Gasteiger partial charge in [0.1, 0.15) is 0 Å². The van der Waals surface area contributed by atoms with Crippen LogP contribution in [0.15, 0.2) is 30.3 Å². The standard InChI is InChI=1S/C15H24N2S/c1-12(2)10-17(11-13(3)4)15(18)16-14-8-6-5-7-9-14/h5-9,12-13H,10-11H2,1-4H3,(H,16,18). The molecule has 0 spiro atoms. The van der Waals surface area contributed by atoms with Gasteiger partial charge < -0.3 is 10.2 Å². The van der Waals surface area contributed by atoms with Crippen molar-refractivity contribution in [1.82, 2.24) is 4.90 Å². The van der Waals surface area contributed by atoms with Gasteiger partial charge in [-0.1, -0.05) is 45.9 Å². The molecule has 0 radical (unpaired) electrons. The molecule has 0 aliphatic rings. The molecule has 100 valence electrons. The average molecular weight is 264 g/mol. The summed E-state index contributed by atoms with van der Waals surface area (Å²) >= 11 is 5.51. The molecule has 0 saturated carbocycles. The molecule has 0 unspecified atom stereocenters. The van der Waals surface area contributed by atoms with Crippen LogP contribution in [-0.4, -0.2) is 23.1 Å². The summed E-state index contributed by atoms with van der Waals surface area (Å²) in [5, 5.41) is 4.13. The predicted molar refractivity (Wildman–Crippen MR) is 83.9 cm³/mol. The van der Waals surface area contributed by atoms with Gasteiger partial charge in [-0.15, -0.1) is 0 Å². The molecule has 0 amide bonds. The highest BCUT2D eigenvalue weighted by molar-refractivity contribution is 7.80. The van der Waals surface area contributed by atoms with E-state index in [0.717, 1.165) is 23.9 Å². The highest BCUT2D eigenvalue weighted by Gasteiger charge is 2.12. The van der Waals surface area contributed by atoms with Gasteiger partial charge in [0.25, 0.3) is 0 Å². The van der Waals surface area contributed by atoms with E-state index in [0.29, 0.717) is 11.8 Å². The first-order valence-corrected chi connectivity index (χ1v) is 7.01.